The maximum absolute atomic E-state index is 11.8. The predicted molar refractivity (Wildman–Crippen MR) is 93.6 cm³/mol. The van der Waals surface area contributed by atoms with Gasteiger partial charge in [0, 0.05) is 6.42 Å². The van der Waals surface area contributed by atoms with Crippen molar-refractivity contribution in [2.24, 2.45) is 17.3 Å². The van der Waals surface area contributed by atoms with Crippen LogP contribution >= 0.6 is 0 Å². The van der Waals surface area contributed by atoms with Gasteiger partial charge < -0.3 is 10.2 Å². The zero-order chi connectivity index (χ0) is 17.9. The van der Waals surface area contributed by atoms with Crippen LogP contribution in [-0.2, 0) is 9.59 Å². The lowest BCUT2D eigenvalue weighted by molar-refractivity contribution is -0.156. The summed E-state index contributed by atoms with van der Waals surface area (Å²) in [5.74, 6) is -1.06. The number of hydrogen-bond donors (Lipinski definition) is 2. The molecule has 0 aromatic rings. The van der Waals surface area contributed by atoms with Crippen LogP contribution in [0.1, 0.15) is 91.9 Å². The van der Waals surface area contributed by atoms with Crippen molar-refractivity contribution in [2.75, 3.05) is 0 Å². The Kier molecular flexibility index (Phi) is 10.9. The van der Waals surface area contributed by atoms with E-state index in [4.69, 9.17) is 5.11 Å². The van der Waals surface area contributed by atoms with Gasteiger partial charge in [0.15, 0.2) is 0 Å². The summed E-state index contributed by atoms with van der Waals surface area (Å²) < 4.78 is 0. The van der Waals surface area contributed by atoms with Crippen molar-refractivity contribution in [1.82, 2.24) is 0 Å². The highest BCUT2D eigenvalue weighted by atomic mass is 16.4. The molecule has 0 saturated heterocycles. The SMILES string of the molecule is CC(C)C(CCCCCCCCCCC(=O)O)(C(=O)O)C(C)C. The van der Waals surface area contributed by atoms with Gasteiger partial charge in [-0.1, -0.05) is 72.6 Å². The molecule has 0 bridgehead atoms. The van der Waals surface area contributed by atoms with E-state index in [1.54, 1.807) is 0 Å². The Morgan fingerprint density at radius 1 is 0.739 bits per heavy atom. The minimum Gasteiger partial charge on any atom is -0.481 e. The summed E-state index contributed by atoms with van der Waals surface area (Å²) in [6, 6.07) is 0. The summed E-state index contributed by atoms with van der Waals surface area (Å²) in [6.45, 7) is 8.08. The molecule has 4 heteroatoms. The fourth-order valence-corrected chi connectivity index (χ4v) is 3.60. The normalized spacial score (nSPS) is 12.1. The molecule has 0 unspecified atom stereocenters. The van der Waals surface area contributed by atoms with E-state index >= 15 is 0 Å². The van der Waals surface area contributed by atoms with Gasteiger partial charge in [-0.3, -0.25) is 9.59 Å². The van der Waals surface area contributed by atoms with E-state index < -0.39 is 17.4 Å². The lowest BCUT2D eigenvalue weighted by Gasteiger charge is -2.37. The van der Waals surface area contributed by atoms with E-state index in [1.807, 2.05) is 27.7 Å². The van der Waals surface area contributed by atoms with E-state index in [0.717, 1.165) is 57.8 Å². The molecule has 4 nitrogen and oxygen atoms in total. The fourth-order valence-electron chi connectivity index (χ4n) is 3.60. The fraction of sp³-hybridized carbons (Fsp3) is 0.895. The number of carbonyl (C=O) groups is 2. The predicted octanol–water partition coefficient (Wildman–Crippen LogP) is 5.36. The molecule has 136 valence electrons. The molecule has 0 aromatic heterocycles. The van der Waals surface area contributed by atoms with Gasteiger partial charge in [0.05, 0.1) is 5.41 Å². The third kappa shape index (κ3) is 7.85. The molecule has 0 amide bonds. The Hall–Kier alpha value is -1.06. The van der Waals surface area contributed by atoms with Crippen molar-refractivity contribution in [3.05, 3.63) is 0 Å². The van der Waals surface area contributed by atoms with Crippen LogP contribution in [0.4, 0.5) is 0 Å². The van der Waals surface area contributed by atoms with Gasteiger partial charge >= 0.3 is 11.9 Å². The van der Waals surface area contributed by atoms with Gasteiger partial charge in [-0.05, 0) is 24.7 Å². The van der Waals surface area contributed by atoms with E-state index in [9.17, 15) is 14.7 Å². The first kappa shape index (κ1) is 21.9. The molecule has 0 spiro atoms. The first-order chi connectivity index (χ1) is 10.7. The molecule has 0 aromatic carbocycles. The number of unbranched alkanes of at least 4 members (excludes halogenated alkanes) is 7. The lowest BCUT2D eigenvalue weighted by Crippen LogP contribution is -2.41. The largest absolute Gasteiger partial charge is 0.481 e. The monoisotopic (exact) mass is 328 g/mol. The van der Waals surface area contributed by atoms with Crippen molar-refractivity contribution in [2.45, 2.75) is 91.9 Å². The second kappa shape index (κ2) is 11.5. The van der Waals surface area contributed by atoms with Crippen LogP contribution in [0.3, 0.4) is 0 Å². The summed E-state index contributed by atoms with van der Waals surface area (Å²) in [4.78, 5) is 22.2. The topological polar surface area (TPSA) is 74.6 Å². The Balaban J connectivity index is 3.88. The third-order valence-electron chi connectivity index (χ3n) is 5.19. The molecule has 2 N–H and O–H groups in total. The Bertz CT molecular complexity index is 339. The Morgan fingerprint density at radius 3 is 1.48 bits per heavy atom. The molecule has 0 aliphatic heterocycles. The summed E-state index contributed by atoms with van der Waals surface area (Å²) in [5.41, 5.74) is -0.600. The van der Waals surface area contributed by atoms with Gasteiger partial charge in [-0.25, -0.2) is 0 Å². The molecule has 0 atom stereocenters. The zero-order valence-electron chi connectivity index (χ0n) is 15.4. The maximum Gasteiger partial charge on any atom is 0.310 e. The van der Waals surface area contributed by atoms with Gasteiger partial charge in [0.25, 0.3) is 0 Å². The summed E-state index contributed by atoms with van der Waals surface area (Å²) >= 11 is 0. The Morgan fingerprint density at radius 2 is 1.13 bits per heavy atom. The average molecular weight is 328 g/mol. The van der Waals surface area contributed by atoms with Crippen LogP contribution in [0.2, 0.25) is 0 Å². The second-order valence-electron chi connectivity index (χ2n) is 7.38. The molecule has 0 fully saturated rings. The van der Waals surface area contributed by atoms with E-state index in [2.05, 4.69) is 0 Å². The maximum atomic E-state index is 11.8. The molecular weight excluding hydrogens is 292 g/mol. The molecule has 0 aliphatic carbocycles. The molecule has 0 aliphatic rings. The van der Waals surface area contributed by atoms with Crippen molar-refractivity contribution >= 4 is 11.9 Å². The molecule has 0 rings (SSSR count). The van der Waals surface area contributed by atoms with Crippen molar-refractivity contribution in [3.63, 3.8) is 0 Å². The van der Waals surface area contributed by atoms with Crippen LogP contribution in [-0.4, -0.2) is 22.2 Å². The number of carboxylic acid groups (broad SMARTS) is 2. The van der Waals surface area contributed by atoms with Crippen LogP contribution in [0.5, 0.6) is 0 Å². The summed E-state index contributed by atoms with van der Waals surface area (Å²) in [7, 11) is 0. The van der Waals surface area contributed by atoms with E-state index in [0.29, 0.717) is 0 Å². The van der Waals surface area contributed by atoms with Crippen LogP contribution in [0.25, 0.3) is 0 Å². The standard InChI is InChI=1S/C19H36O4/c1-15(2)19(16(3)4,18(22)23)14-12-10-8-6-5-7-9-11-13-17(20)21/h15-16H,5-14H2,1-4H3,(H,20,21)(H,22,23). The van der Waals surface area contributed by atoms with Crippen molar-refractivity contribution in [1.29, 1.82) is 0 Å². The minimum absolute atomic E-state index is 0.147. The molecule has 0 radical (unpaired) electrons. The Labute approximate surface area is 141 Å². The minimum atomic E-state index is -0.706. The van der Waals surface area contributed by atoms with E-state index in [1.165, 1.54) is 0 Å². The average Bonchev–Trinajstić information content (AvgIpc) is 2.43. The van der Waals surface area contributed by atoms with E-state index in [-0.39, 0.29) is 18.3 Å². The van der Waals surface area contributed by atoms with Gasteiger partial charge in [0.1, 0.15) is 0 Å². The highest BCUT2D eigenvalue weighted by Gasteiger charge is 2.43. The zero-order valence-corrected chi connectivity index (χ0v) is 15.4. The first-order valence-corrected chi connectivity index (χ1v) is 9.20. The molecule has 0 heterocycles. The summed E-state index contributed by atoms with van der Waals surface area (Å²) in [5, 5.41) is 18.2. The van der Waals surface area contributed by atoms with Gasteiger partial charge in [-0.2, -0.15) is 0 Å². The second-order valence-corrected chi connectivity index (χ2v) is 7.38. The number of hydrogen-bond acceptors (Lipinski definition) is 2. The highest BCUT2D eigenvalue weighted by Crippen LogP contribution is 2.41. The number of carboxylic acids is 2. The molecular formula is C19H36O4. The van der Waals surface area contributed by atoms with Gasteiger partial charge in [-0.15, -0.1) is 0 Å². The van der Waals surface area contributed by atoms with Gasteiger partial charge in [0.2, 0.25) is 0 Å². The highest BCUT2D eigenvalue weighted by molar-refractivity contribution is 5.75. The van der Waals surface area contributed by atoms with Crippen LogP contribution < -0.4 is 0 Å². The number of aliphatic carboxylic acids is 2. The lowest BCUT2D eigenvalue weighted by atomic mass is 9.66. The quantitative estimate of drug-likeness (QED) is 0.421. The van der Waals surface area contributed by atoms with Crippen molar-refractivity contribution < 1.29 is 19.8 Å². The first-order valence-electron chi connectivity index (χ1n) is 9.20. The number of rotatable bonds is 14. The third-order valence-corrected chi connectivity index (χ3v) is 5.19. The summed E-state index contributed by atoms with van der Waals surface area (Å²) in [6.07, 6.45) is 9.43. The molecule has 23 heavy (non-hydrogen) atoms. The molecule has 0 saturated carbocycles. The smallest absolute Gasteiger partial charge is 0.310 e. The van der Waals surface area contributed by atoms with Crippen LogP contribution in [0.15, 0.2) is 0 Å². The van der Waals surface area contributed by atoms with Crippen molar-refractivity contribution in [3.8, 4) is 0 Å². The van der Waals surface area contributed by atoms with Crippen LogP contribution in [0, 0.1) is 17.3 Å².